The van der Waals surface area contributed by atoms with Crippen LogP contribution in [0, 0.1) is 0 Å². The van der Waals surface area contributed by atoms with E-state index in [9.17, 15) is 14.7 Å². The average Bonchev–Trinajstić information content (AvgIpc) is 3.18. The van der Waals surface area contributed by atoms with Crippen molar-refractivity contribution in [2.24, 2.45) is 5.11 Å². The van der Waals surface area contributed by atoms with Crippen LogP contribution < -0.4 is 9.47 Å². The van der Waals surface area contributed by atoms with Crippen LogP contribution in [0.5, 0.6) is 11.5 Å². The Labute approximate surface area is 171 Å². The standard InChI is InChI=1S/C20H18N4O6/c21-23-22-17(18(25)13-6-7-15-16(10-13)29-9-8-28-15)19(26)24-14(11-30-20(24)27)12-4-2-1-3-5-12/h1-7,10,14,17-18,25H,8-9,11H2. The summed E-state index contributed by atoms with van der Waals surface area (Å²) in [6.45, 7) is 0.730. The molecule has 0 saturated carbocycles. The fraction of sp³-hybridized carbons (Fsp3) is 0.300. The molecule has 0 aliphatic carbocycles. The summed E-state index contributed by atoms with van der Waals surface area (Å²) in [5, 5.41) is 14.3. The molecule has 154 valence electrons. The van der Waals surface area contributed by atoms with Crippen molar-refractivity contribution in [2.45, 2.75) is 18.2 Å². The van der Waals surface area contributed by atoms with Crippen molar-refractivity contribution in [1.29, 1.82) is 0 Å². The van der Waals surface area contributed by atoms with Gasteiger partial charge in [0.05, 0.1) is 6.10 Å². The van der Waals surface area contributed by atoms with Gasteiger partial charge in [-0.05, 0) is 28.8 Å². The predicted molar refractivity (Wildman–Crippen MR) is 103 cm³/mol. The molecule has 3 unspecified atom stereocenters. The van der Waals surface area contributed by atoms with Crippen LogP contribution >= 0.6 is 0 Å². The number of ether oxygens (including phenoxy) is 3. The van der Waals surface area contributed by atoms with Gasteiger partial charge in [0.2, 0.25) is 5.91 Å². The Morgan fingerprint density at radius 1 is 1.13 bits per heavy atom. The first-order valence-corrected chi connectivity index (χ1v) is 9.26. The number of carbonyl (C=O) groups is 2. The molecule has 2 amide bonds. The predicted octanol–water partition coefficient (Wildman–Crippen LogP) is 2.89. The fourth-order valence-corrected chi connectivity index (χ4v) is 3.46. The van der Waals surface area contributed by atoms with Gasteiger partial charge in [0.25, 0.3) is 0 Å². The number of hydrogen-bond donors (Lipinski definition) is 1. The largest absolute Gasteiger partial charge is 0.486 e. The molecule has 2 aromatic rings. The van der Waals surface area contributed by atoms with Crippen LogP contribution in [0.15, 0.2) is 53.6 Å². The smallest absolute Gasteiger partial charge is 0.417 e. The molecule has 0 spiro atoms. The Kier molecular flexibility index (Phi) is 5.42. The Morgan fingerprint density at radius 3 is 2.60 bits per heavy atom. The summed E-state index contributed by atoms with van der Waals surface area (Å²) in [4.78, 5) is 29.0. The quantitative estimate of drug-likeness (QED) is 0.458. The zero-order valence-electron chi connectivity index (χ0n) is 15.7. The summed E-state index contributed by atoms with van der Waals surface area (Å²) in [6, 6.07) is 11.3. The van der Waals surface area contributed by atoms with Crippen LogP contribution in [0.2, 0.25) is 0 Å². The number of aliphatic hydroxyl groups is 1. The summed E-state index contributed by atoms with van der Waals surface area (Å²) in [5.41, 5.74) is 9.95. The second kappa shape index (κ2) is 8.32. The number of carbonyl (C=O) groups excluding carboxylic acids is 2. The first kappa shape index (κ1) is 19.6. The highest BCUT2D eigenvalue weighted by Gasteiger charge is 2.43. The lowest BCUT2D eigenvalue weighted by molar-refractivity contribution is -0.133. The van der Waals surface area contributed by atoms with E-state index in [4.69, 9.17) is 19.7 Å². The number of aliphatic hydroxyl groups excluding tert-OH is 1. The summed E-state index contributed by atoms with van der Waals surface area (Å²) < 4.78 is 16.0. The minimum Gasteiger partial charge on any atom is -0.486 e. The van der Waals surface area contributed by atoms with E-state index in [2.05, 4.69) is 10.0 Å². The van der Waals surface area contributed by atoms with E-state index in [1.165, 1.54) is 6.07 Å². The molecule has 0 bridgehead atoms. The Morgan fingerprint density at radius 2 is 1.87 bits per heavy atom. The van der Waals surface area contributed by atoms with Gasteiger partial charge in [-0.15, -0.1) is 0 Å². The van der Waals surface area contributed by atoms with Gasteiger partial charge in [0.15, 0.2) is 11.5 Å². The lowest BCUT2D eigenvalue weighted by atomic mass is 9.99. The SMILES string of the molecule is [N-]=[N+]=NC(C(=O)N1C(=O)OCC1c1ccccc1)C(O)c1ccc2c(c1)OCCO2. The van der Waals surface area contributed by atoms with E-state index in [-0.39, 0.29) is 12.2 Å². The number of rotatable bonds is 5. The van der Waals surface area contributed by atoms with Crippen molar-refractivity contribution in [2.75, 3.05) is 19.8 Å². The molecular formula is C20H18N4O6. The van der Waals surface area contributed by atoms with Crippen molar-refractivity contribution in [3.63, 3.8) is 0 Å². The van der Waals surface area contributed by atoms with Crippen LogP contribution in [0.4, 0.5) is 4.79 Å². The number of nitrogens with zero attached hydrogens (tertiary/aromatic N) is 4. The molecule has 0 aromatic heterocycles. The van der Waals surface area contributed by atoms with E-state index in [1.54, 1.807) is 36.4 Å². The van der Waals surface area contributed by atoms with Crippen LogP contribution in [0.1, 0.15) is 23.3 Å². The average molecular weight is 410 g/mol. The number of imide groups is 1. The summed E-state index contributed by atoms with van der Waals surface area (Å²) in [6.07, 6.45) is -2.37. The molecule has 1 fully saturated rings. The van der Waals surface area contributed by atoms with Gasteiger partial charge in [0.1, 0.15) is 31.9 Å². The molecule has 1 N–H and O–H groups in total. The first-order chi connectivity index (χ1) is 14.6. The lowest BCUT2D eigenvalue weighted by Crippen LogP contribution is -2.42. The maximum atomic E-state index is 13.2. The van der Waals surface area contributed by atoms with Gasteiger partial charge >= 0.3 is 6.09 Å². The summed E-state index contributed by atoms with van der Waals surface area (Å²) in [7, 11) is 0. The van der Waals surface area contributed by atoms with E-state index in [1.807, 2.05) is 6.07 Å². The normalized spacial score (nSPS) is 19.4. The van der Waals surface area contributed by atoms with Gasteiger partial charge in [-0.25, -0.2) is 9.69 Å². The van der Waals surface area contributed by atoms with Crippen molar-refractivity contribution < 1.29 is 28.9 Å². The monoisotopic (exact) mass is 410 g/mol. The van der Waals surface area contributed by atoms with Crippen LogP contribution in [0.25, 0.3) is 10.4 Å². The number of hydrogen-bond acceptors (Lipinski definition) is 7. The number of azide groups is 1. The van der Waals surface area contributed by atoms with Gasteiger partial charge in [-0.2, -0.15) is 0 Å². The Bertz CT molecular complexity index is 1010. The molecule has 2 aliphatic heterocycles. The molecule has 10 heteroatoms. The molecule has 4 rings (SSSR count). The summed E-state index contributed by atoms with van der Waals surface area (Å²) >= 11 is 0. The first-order valence-electron chi connectivity index (χ1n) is 9.26. The minimum absolute atomic E-state index is 0.0301. The maximum absolute atomic E-state index is 13.2. The van der Waals surface area contributed by atoms with Crippen molar-refractivity contribution in [1.82, 2.24) is 4.90 Å². The number of amides is 2. The van der Waals surface area contributed by atoms with Gasteiger partial charge < -0.3 is 19.3 Å². The summed E-state index contributed by atoms with van der Waals surface area (Å²) in [5.74, 6) is 0.0651. The van der Waals surface area contributed by atoms with Crippen molar-refractivity contribution >= 4 is 12.0 Å². The maximum Gasteiger partial charge on any atom is 0.417 e. The van der Waals surface area contributed by atoms with Crippen LogP contribution in [-0.2, 0) is 9.53 Å². The van der Waals surface area contributed by atoms with Gasteiger partial charge in [-0.3, -0.25) is 4.79 Å². The highest BCUT2D eigenvalue weighted by molar-refractivity contribution is 5.97. The molecular weight excluding hydrogens is 392 g/mol. The number of fused-ring (bicyclic) bond motifs is 1. The van der Waals surface area contributed by atoms with E-state index < -0.39 is 30.2 Å². The molecule has 1 saturated heterocycles. The topological polar surface area (TPSA) is 134 Å². The van der Waals surface area contributed by atoms with Crippen LogP contribution in [0.3, 0.4) is 0 Å². The molecule has 10 nitrogen and oxygen atoms in total. The Balaban J connectivity index is 1.64. The van der Waals surface area contributed by atoms with E-state index in [0.717, 1.165) is 4.90 Å². The van der Waals surface area contributed by atoms with Crippen molar-refractivity contribution in [3.8, 4) is 11.5 Å². The van der Waals surface area contributed by atoms with E-state index >= 15 is 0 Å². The third-order valence-electron chi connectivity index (χ3n) is 4.93. The molecule has 2 heterocycles. The highest BCUT2D eigenvalue weighted by Crippen LogP contribution is 2.35. The molecule has 3 atom stereocenters. The number of cyclic esters (lactones) is 1. The third kappa shape index (κ3) is 3.61. The fourth-order valence-electron chi connectivity index (χ4n) is 3.46. The zero-order valence-corrected chi connectivity index (χ0v) is 15.7. The minimum atomic E-state index is -1.57. The Hall–Kier alpha value is -3.75. The highest BCUT2D eigenvalue weighted by atomic mass is 16.6. The van der Waals surface area contributed by atoms with Crippen molar-refractivity contribution in [3.05, 3.63) is 70.1 Å². The van der Waals surface area contributed by atoms with Gasteiger partial charge in [-0.1, -0.05) is 41.5 Å². The third-order valence-corrected chi connectivity index (χ3v) is 4.93. The molecule has 30 heavy (non-hydrogen) atoms. The molecule has 2 aromatic carbocycles. The lowest BCUT2D eigenvalue weighted by Gasteiger charge is -2.26. The van der Waals surface area contributed by atoms with Gasteiger partial charge in [0, 0.05) is 4.91 Å². The number of benzene rings is 2. The zero-order chi connectivity index (χ0) is 21.1. The van der Waals surface area contributed by atoms with Crippen LogP contribution in [-0.4, -0.2) is 47.9 Å². The molecule has 2 aliphatic rings. The second-order valence-electron chi connectivity index (χ2n) is 6.71. The van der Waals surface area contributed by atoms with E-state index in [0.29, 0.717) is 30.3 Å². The molecule has 0 radical (unpaired) electrons. The second-order valence-corrected chi connectivity index (χ2v) is 6.71.